The van der Waals surface area contributed by atoms with Gasteiger partial charge >= 0.3 is 0 Å². The zero-order valence-corrected chi connectivity index (χ0v) is 11.3. The van der Waals surface area contributed by atoms with Gasteiger partial charge < -0.3 is 15.3 Å². The van der Waals surface area contributed by atoms with E-state index in [1.165, 1.54) is 31.3 Å². The summed E-state index contributed by atoms with van der Waals surface area (Å²) >= 11 is 0. The number of aromatic nitrogens is 1. The lowest BCUT2D eigenvalue weighted by atomic mass is 10.0. The highest BCUT2D eigenvalue weighted by atomic mass is 16.3. The Balaban J connectivity index is 2.02. The maximum absolute atomic E-state index is 12.3. The third kappa shape index (κ3) is 3.67. The van der Waals surface area contributed by atoms with Crippen LogP contribution in [0.15, 0.2) is 18.5 Å². The number of carbonyl (C=O) groups excluding carboxylic acids is 1. The number of hydrogen-bond donors (Lipinski definition) is 2. The van der Waals surface area contributed by atoms with Crippen molar-refractivity contribution >= 4 is 5.91 Å². The van der Waals surface area contributed by atoms with Crippen LogP contribution in [0.2, 0.25) is 0 Å². The highest BCUT2D eigenvalue weighted by molar-refractivity contribution is 5.94. The van der Waals surface area contributed by atoms with Gasteiger partial charge in [-0.05, 0) is 32.4 Å². The van der Waals surface area contributed by atoms with Crippen LogP contribution in [0.4, 0.5) is 0 Å². The molecule has 0 spiro atoms. The van der Waals surface area contributed by atoms with E-state index in [4.69, 9.17) is 0 Å². The van der Waals surface area contributed by atoms with Crippen LogP contribution >= 0.6 is 0 Å². The number of hydrogen-bond acceptors (Lipinski definition) is 4. The molecule has 0 bridgehead atoms. The molecule has 1 atom stereocenters. The molecular weight excluding hydrogens is 242 g/mol. The minimum Gasteiger partial charge on any atom is -0.506 e. The molecule has 0 aliphatic carbocycles. The molecule has 1 saturated heterocycles. The number of amides is 1. The van der Waals surface area contributed by atoms with Crippen LogP contribution < -0.4 is 5.32 Å². The third-order valence-electron chi connectivity index (χ3n) is 3.49. The van der Waals surface area contributed by atoms with Crippen LogP contribution in [-0.2, 0) is 0 Å². The summed E-state index contributed by atoms with van der Waals surface area (Å²) in [6.07, 6.45) is 6.38. The average Bonchev–Trinajstić information content (AvgIpc) is 2.45. The predicted molar refractivity (Wildman–Crippen MR) is 73.1 cm³/mol. The normalized spacial score (nSPS) is 19.1. The third-order valence-corrected chi connectivity index (χ3v) is 3.49. The highest BCUT2D eigenvalue weighted by Crippen LogP contribution is 2.13. The van der Waals surface area contributed by atoms with Gasteiger partial charge in [0.05, 0.1) is 11.8 Å². The molecule has 104 valence electrons. The van der Waals surface area contributed by atoms with Gasteiger partial charge in [-0.15, -0.1) is 0 Å². The Bertz CT molecular complexity index is 430. The van der Waals surface area contributed by atoms with Crippen LogP contribution in [0.5, 0.6) is 5.75 Å². The van der Waals surface area contributed by atoms with Gasteiger partial charge in [0.1, 0.15) is 5.75 Å². The standard InChI is InChI=1S/C14H21N3O2/c1-2-17(10-12-5-3-4-6-16-12)14(19)11-7-13(18)9-15-8-11/h7-9,12,16,18H,2-6,10H2,1H3. The van der Waals surface area contributed by atoms with E-state index >= 15 is 0 Å². The molecule has 0 aromatic carbocycles. The van der Waals surface area contributed by atoms with E-state index in [1.807, 2.05) is 6.92 Å². The zero-order valence-electron chi connectivity index (χ0n) is 11.3. The van der Waals surface area contributed by atoms with Crippen molar-refractivity contribution in [3.8, 4) is 5.75 Å². The number of likely N-dealkylation sites (N-methyl/N-ethyl adjacent to an activating group) is 1. The Labute approximate surface area is 113 Å². The fourth-order valence-corrected chi connectivity index (χ4v) is 2.43. The molecule has 2 N–H and O–H groups in total. The van der Waals surface area contributed by atoms with Crippen molar-refractivity contribution in [2.24, 2.45) is 0 Å². The van der Waals surface area contributed by atoms with Gasteiger partial charge in [0, 0.05) is 25.3 Å². The van der Waals surface area contributed by atoms with Crippen molar-refractivity contribution in [3.63, 3.8) is 0 Å². The second-order valence-corrected chi connectivity index (χ2v) is 4.92. The van der Waals surface area contributed by atoms with E-state index in [0.29, 0.717) is 24.7 Å². The predicted octanol–water partition coefficient (Wildman–Crippen LogP) is 1.39. The summed E-state index contributed by atoms with van der Waals surface area (Å²) in [6.45, 7) is 4.37. The van der Waals surface area contributed by atoms with E-state index in [0.717, 1.165) is 13.0 Å². The lowest BCUT2D eigenvalue weighted by molar-refractivity contribution is 0.0740. The molecule has 1 aromatic heterocycles. The molecule has 1 aliphatic heterocycles. The Morgan fingerprint density at radius 1 is 1.53 bits per heavy atom. The van der Waals surface area contributed by atoms with Gasteiger partial charge in [-0.25, -0.2) is 0 Å². The van der Waals surface area contributed by atoms with E-state index in [1.54, 1.807) is 4.90 Å². The first-order valence-electron chi connectivity index (χ1n) is 6.87. The maximum Gasteiger partial charge on any atom is 0.255 e. The number of nitrogens with one attached hydrogen (secondary N) is 1. The zero-order chi connectivity index (χ0) is 13.7. The molecule has 2 heterocycles. The van der Waals surface area contributed by atoms with Gasteiger partial charge in [-0.3, -0.25) is 9.78 Å². The van der Waals surface area contributed by atoms with Crippen molar-refractivity contribution < 1.29 is 9.90 Å². The second-order valence-electron chi connectivity index (χ2n) is 4.92. The first-order valence-corrected chi connectivity index (χ1v) is 6.87. The summed E-state index contributed by atoms with van der Waals surface area (Å²) in [5.41, 5.74) is 0.442. The second kappa shape index (κ2) is 6.52. The minimum atomic E-state index is -0.0710. The largest absolute Gasteiger partial charge is 0.506 e. The summed E-state index contributed by atoms with van der Waals surface area (Å²) in [6, 6.07) is 1.84. The number of nitrogens with zero attached hydrogens (tertiary/aromatic N) is 2. The first-order chi connectivity index (χ1) is 9.20. The lowest BCUT2D eigenvalue weighted by Gasteiger charge is -2.30. The molecule has 19 heavy (non-hydrogen) atoms. The monoisotopic (exact) mass is 263 g/mol. The summed E-state index contributed by atoms with van der Waals surface area (Å²) < 4.78 is 0. The van der Waals surface area contributed by atoms with Crippen molar-refractivity contribution in [2.75, 3.05) is 19.6 Å². The number of piperidine rings is 1. The van der Waals surface area contributed by atoms with Gasteiger partial charge in [-0.2, -0.15) is 0 Å². The molecule has 0 radical (unpaired) electrons. The molecule has 1 aliphatic rings. The van der Waals surface area contributed by atoms with E-state index in [9.17, 15) is 9.90 Å². The Morgan fingerprint density at radius 2 is 2.37 bits per heavy atom. The maximum atomic E-state index is 12.3. The number of aromatic hydroxyl groups is 1. The summed E-state index contributed by atoms with van der Waals surface area (Å²) in [5, 5.41) is 12.8. The average molecular weight is 263 g/mol. The molecule has 1 unspecified atom stereocenters. The van der Waals surface area contributed by atoms with Gasteiger partial charge in [0.2, 0.25) is 0 Å². The summed E-state index contributed by atoms with van der Waals surface area (Å²) in [7, 11) is 0. The molecule has 0 saturated carbocycles. The molecule has 1 aromatic rings. The quantitative estimate of drug-likeness (QED) is 0.861. The topological polar surface area (TPSA) is 65.5 Å². The fraction of sp³-hybridized carbons (Fsp3) is 0.571. The molecule has 1 amide bonds. The van der Waals surface area contributed by atoms with Crippen molar-refractivity contribution in [1.29, 1.82) is 0 Å². The number of rotatable bonds is 4. The number of carbonyl (C=O) groups is 1. The van der Waals surface area contributed by atoms with Crippen LogP contribution in [0, 0.1) is 0 Å². The highest BCUT2D eigenvalue weighted by Gasteiger charge is 2.20. The Kier molecular flexibility index (Phi) is 4.74. The summed E-state index contributed by atoms with van der Waals surface area (Å²) in [5.74, 6) is -0.0454. The molecular formula is C14H21N3O2. The van der Waals surface area contributed by atoms with E-state index in [-0.39, 0.29) is 11.7 Å². The van der Waals surface area contributed by atoms with E-state index in [2.05, 4.69) is 10.3 Å². The van der Waals surface area contributed by atoms with E-state index < -0.39 is 0 Å². The molecule has 2 rings (SSSR count). The Hall–Kier alpha value is -1.62. The van der Waals surface area contributed by atoms with Crippen LogP contribution in [0.1, 0.15) is 36.5 Å². The Morgan fingerprint density at radius 3 is 3.00 bits per heavy atom. The van der Waals surface area contributed by atoms with Crippen LogP contribution in [0.25, 0.3) is 0 Å². The fourth-order valence-electron chi connectivity index (χ4n) is 2.43. The van der Waals surface area contributed by atoms with Crippen molar-refractivity contribution in [2.45, 2.75) is 32.2 Å². The molecule has 1 fully saturated rings. The molecule has 5 heteroatoms. The SMILES string of the molecule is CCN(CC1CCCCN1)C(=O)c1cncc(O)c1. The number of pyridine rings is 1. The minimum absolute atomic E-state index is 0.0256. The smallest absolute Gasteiger partial charge is 0.255 e. The first kappa shape index (κ1) is 13.8. The van der Waals surface area contributed by atoms with Crippen molar-refractivity contribution in [1.82, 2.24) is 15.2 Å². The van der Waals surface area contributed by atoms with Gasteiger partial charge in [0.15, 0.2) is 0 Å². The molecule has 5 nitrogen and oxygen atoms in total. The van der Waals surface area contributed by atoms with Crippen LogP contribution in [0.3, 0.4) is 0 Å². The van der Waals surface area contributed by atoms with Crippen molar-refractivity contribution in [3.05, 3.63) is 24.0 Å². The van der Waals surface area contributed by atoms with Gasteiger partial charge in [0.25, 0.3) is 5.91 Å². The van der Waals surface area contributed by atoms with Crippen LogP contribution in [-0.4, -0.2) is 46.6 Å². The lowest BCUT2D eigenvalue weighted by Crippen LogP contribution is -2.45. The summed E-state index contributed by atoms with van der Waals surface area (Å²) in [4.78, 5) is 18.0. The van der Waals surface area contributed by atoms with Gasteiger partial charge in [-0.1, -0.05) is 6.42 Å².